The highest BCUT2D eigenvalue weighted by Gasteiger charge is 2.24. The van der Waals surface area contributed by atoms with Crippen molar-refractivity contribution in [1.29, 1.82) is 0 Å². The topological polar surface area (TPSA) is 9.23 Å². The van der Waals surface area contributed by atoms with Crippen LogP contribution in [0, 0.1) is 9.49 Å². The van der Waals surface area contributed by atoms with Crippen LogP contribution in [0.5, 0.6) is 5.75 Å². The smallest absolute Gasteiger partial charge is 0.225 e. The van der Waals surface area contributed by atoms with Crippen LogP contribution in [0.15, 0.2) is 36.4 Å². The second-order valence-corrected chi connectivity index (χ2v) is 9.62. The predicted molar refractivity (Wildman–Crippen MR) is 94.7 cm³/mol. The molecule has 0 aliphatic rings. The van der Waals surface area contributed by atoms with Gasteiger partial charge in [0.05, 0.1) is 0 Å². The van der Waals surface area contributed by atoms with Gasteiger partial charge >= 0.3 is 0 Å². The quantitative estimate of drug-likeness (QED) is 0.546. The van der Waals surface area contributed by atoms with Gasteiger partial charge in [-0.05, 0) is 62.5 Å². The fourth-order valence-electron chi connectivity index (χ4n) is 1.74. The summed E-state index contributed by atoms with van der Waals surface area (Å²) in [6, 6.07) is 12.8. The van der Waals surface area contributed by atoms with Gasteiger partial charge in [-0.1, -0.05) is 45.9 Å². The third-order valence-corrected chi connectivity index (χ3v) is 6.95. The van der Waals surface area contributed by atoms with Gasteiger partial charge in [-0.25, -0.2) is 0 Å². The van der Waals surface area contributed by atoms with Crippen molar-refractivity contribution in [2.45, 2.75) is 32.7 Å². The molecule has 0 N–H and O–H groups in total. The van der Waals surface area contributed by atoms with E-state index in [1.165, 1.54) is 14.3 Å². The molecule has 0 bridgehead atoms. The molecular formula is C16H21IOSi. The second kappa shape index (κ2) is 5.83. The number of hydrogen-bond donors (Lipinski definition) is 0. The minimum absolute atomic E-state index is 0.332. The molecule has 0 aromatic heterocycles. The first-order chi connectivity index (χ1) is 8.90. The molecule has 0 aliphatic heterocycles. The van der Waals surface area contributed by atoms with Crippen molar-refractivity contribution in [3.8, 4) is 5.75 Å². The van der Waals surface area contributed by atoms with Crippen molar-refractivity contribution in [1.82, 2.24) is 0 Å². The third-order valence-electron chi connectivity index (χ3n) is 3.97. The van der Waals surface area contributed by atoms with Crippen molar-refractivity contribution in [3.05, 3.63) is 40.0 Å². The van der Waals surface area contributed by atoms with E-state index < -0.39 is 9.76 Å². The molecule has 0 unspecified atom stereocenters. The lowest BCUT2D eigenvalue weighted by atomic mass is 9.99. The molecule has 0 spiro atoms. The lowest BCUT2D eigenvalue weighted by Gasteiger charge is -2.28. The molecule has 0 amide bonds. The fourth-order valence-corrected chi connectivity index (χ4v) is 3.47. The summed E-state index contributed by atoms with van der Waals surface area (Å²) in [5, 5.41) is 2.90. The normalized spacial score (nSPS) is 12.7. The zero-order valence-electron chi connectivity index (χ0n) is 12.0. The van der Waals surface area contributed by atoms with Gasteiger partial charge in [0, 0.05) is 3.57 Å². The summed E-state index contributed by atoms with van der Waals surface area (Å²) in [7, 11) is -0.588. The molecule has 0 atom stereocenters. The van der Waals surface area contributed by atoms with Crippen LogP contribution >= 0.6 is 22.6 Å². The van der Waals surface area contributed by atoms with Crippen LogP contribution in [-0.4, -0.2) is 9.76 Å². The van der Waals surface area contributed by atoms with Crippen molar-refractivity contribution >= 4 is 43.1 Å². The summed E-state index contributed by atoms with van der Waals surface area (Å²) in [5.74, 6) is 1.69. The monoisotopic (exact) mass is 384 g/mol. The van der Waals surface area contributed by atoms with E-state index in [0.29, 0.717) is 11.0 Å². The van der Waals surface area contributed by atoms with Gasteiger partial charge in [0.1, 0.15) is 5.75 Å². The Morgan fingerprint density at radius 2 is 1.89 bits per heavy atom. The molecule has 0 aliphatic carbocycles. The van der Waals surface area contributed by atoms with E-state index in [1.54, 1.807) is 0 Å². The maximum absolute atomic E-state index is 6.13. The molecule has 0 saturated heterocycles. The van der Waals surface area contributed by atoms with E-state index in [1.807, 2.05) is 0 Å². The number of rotatable bonds is 4. The maximum atomic E-state index is 6.13. The summed E-state index contributed by atoms with van der Waals surface area (Å²) in [6.45, 7) is 9.18. The van der Waals surface area contributed by atoms with Crippen molar-refractivity contribution in [3.63, 3.8) is 0 Å². The Kier molecular flexibility index (Phi) is 4.56. The fraction of sp³-hybridized carbons (Fsp3) is 0.375. The van der Waals surface area contributed by atoms with Crippen molar-refractivity contribution in [2.24, 2.45) is 5.92 Å². The van der Waals surface area contributed by atoms with Crippen LogP contribution in [0.4, 0.5) is 0 Å². The van der Waals surface area contributed by atoms with E-state index in [-0.39, 0.29) is 0 Å². The average molecular weight is 384 g/mol. The van der Waals surface area contributed by atoms with E-state index in [9.17, 15) is 0 Å². The molecule has 2 aromatic carbocycles. The Labute approximate surface area is 131 Å². The summed E-state index contributed by atoms with van der Waals surface area (Å²) in [5.41, 5.74) is 0. The van der Waals surface area contributed by atoms with Crippen LogP contribution in [0.3, 0.4) is 0 Å². The predicted octanol–water partition coefficient (Wildman–Crippen LogP) is 4.76. The average Bonchev–Trinajstić information content (AvgIpc) is 2.37. The molecule has 102 valence electrons. The first-order valence-electron chi connectivity index (χ1n) is 6.71. The summed E-state index contributed by atoms with van der Waals surface area (Å²) in [6.07, 6.45) is 0. The highest BCUT2D eigenvalue weighted by atomic mass is 127. The van der Waals surface area contributed by atoms with E-state index >= 15 is 0 Å². The Morgan fingerprint density at radius 1 is 1.16 bits per heavy atom. The van der Waals surface area contributed by atoms with Crippen LogP contribution in [0.2, 0.25) is 5.04 Å². The van der Waals surface area contributed by atoms with Gasteiger partial charge in [0.2, 0.25) is 9.76 Å². The molecule has 2 rings (SSSR count). The molecule has 0 fully saturated rings. The molecule has 3 heteroatoms. The van der Waals surface area contributed by atoms with E-state index in [0.717, 1.165) is 5.75 Å². The summed E-state index contributed by atoms with van der Waals surface area (Å²) in [4.78, 5) is 0. The Balaban J connectivity index is 2.20. The van der Waals surface area contributed by atoms with Gasteiger partial charge in [-0.2, -0.15) is 0 Å². The lowest BCUT2D eigenvalue weighted by molar-refractivity contribution is 0.428. The Bertz CT molecular complexity index is 578. The second-order valence-electron chi connectivity index (χ2n) is 6.05. The molecule has 0 radical (unpaired) electrons. The summed E-state index contributed by atoms with van der Waals surface area (Å²) >= 11 is 2.39. The SMILES string of the molecule is CC(C)C(C)(C)[SiH2]Oc1ccc2cccc(I)c2c1. The molecule has 2 aromatic rings. The van der Waals surface area contributed by atoms with E-state index in [2.05, 4.69) is 86.7 Å². The highest BCUT2D eigenvalue weighted by molar-refractivity contribution is 14.1. The van der Waals surface area contributed by atoms with Gasteiger partial charge in [-0.3, -0.25) is 0 Å². The first-order valence-corrected chi connectivity index (χ1v) is 9.07. The van der Waals surface area contributed by atoms with Gasteiger partial charge < -0.3 is 4.43 Å². The maximum Gasteiger partial charge on any atom is 0.225 e. The Hall–Kier alpha value is -0.553. The summed E-state index contributed by atoms with van der Waals surface area (Å²) < 4.78 is 7.41. The number of fused-ring (bicyclic) bond motifs is 1. The van der Waals surface area contributed by atoms with Crippen LogP contribution in [0.25, 0.3) is 10.8 Å². The zero-order valence-corrected chi connectivity index (χ0v) is 15.6. The zero-order chi connectivity index (χ0) is 14.0. The highest BCUT2D eigenvalue weighted by Crippen LogP contribution is 2.33. The lowest BCUT2D eigenvalue weighted by Crippen LogP contribution is -2.24. The van der Waals surface area contributed by atoms with Gasteiger partial charge in [0.15, 0.2) is 0 Å². The molecule has 0 heterocycles. The third kappa shape index (κ3) is 3.51. The largest absolute Gasteiger partial charge is 0.549 e. The number of hydrogen-bond acceptors (Lipinski definition) is 1. The molecular weight excluding hydrogens is 363 g/mol. The Morgan fingerprint density at radius 3 is 2.58 bits per heavy atom. The molecule has 19 heavy (non-hydrogen) atoms. The van der Waals surface area contributed by atoms with Gasteiger partial charge in [-0.15, -0.1) is 0 Å². The van der Waals surface area contributed by atoms with Crippen LogP contribution in [-0.2, 0) is 0 Å². The number of benzene rings is 2. The van der Waals surface area contributed by atoms with E-state index in [4.69, 9.17) is 4.43 Å². The minimum atomic E-state index is -0.588. The molecule has 1 nitrogen and oxygen atoms in total. The standard InChI is InChI=1S/C16H21IOSi/c1-11(2)16(3,4)19-18-13-9-8-12-6-5-7-15(17)14(12)10-13/h5-11H,19H2,1-4H3. The van der Waals surface area contributed by atoms with Crippen molar-refractivity contribution < 1.29 is 4.43 Å². The first kappa shape index (κ1) is 14.8. The minimum Gasteiger partial charge on any atom is -0.549 e. The molecule has 0 saturated carbocycles. The number of halogens is 1. The van der Waals surface area contributed by atoms with Crippen LogP contribution in [0.1, 0.15) is 27.7 Å². The van der Waals surface area contributed by atoms with Crippen LogP contribution < -0.4 is 4.43 Å². The van der Waals surface area contributed by atoms with Gasteiger partial charge in [0.25, 0.3) is 0 Å². The van der Waals surface area contributed by atoms with Crippen molar-refractivity contribution in [2.75, 3.05) is 0 Å².